The standard InChI is InChI=1S/C14H27N3O/c1-6-8-15-14(11(2)7-9-18-5)13-10-12(3)16-17(13)4/h10-11,14-15H,6-9H2,1-5H3. The molecule has 1 aromatic heterocycles. The monoisotopic (exact) mass is 253 g/mol. The van der Waals surface area contributed by atoms with Crippen molar-refractivity contribution in [2.45, 2.75) is 39.7 Å². The zero-order valence-electron chi connectivity index (χ0n) is 12.4. The Kier molecular flexibility index (Phi) is 6.36. The van der Waals surface area contributed by atoms with Crippen LogP contribution < -0.4 is 5.32 Å². The molecule has 0 radical (unpaired) electrons. The first kappa shape index (κ1) is 15.2. The maximum atomic E-state index is 5.19. The minimum absolute atomic E-state index is 0.353. The van der Waals surface area contributed by atoms with Crippen molar-refractivity contribution in [3.05, 3.63) is 17.5 Å². The van der Waals surface area contributed by atoms with E-state index in [1.165, 1.54) is 5.69 Å². The third-order valence-corrected chi connectivity index (χ3v) is 3.32. The van der Waals surface area contributed by atoms with Crippen molar-refractivity contribution in [1.82, 2.24) is 15.1 Å². The highest BCUT2D eigenvalue weighted by Crippen LogP contribution is 2.24. The van der Waals surface area contributed by atoms with Gasteiger partial charge in [-0.05, 0) is 38.3 Å². The lowest BCUT2D eigenvalue weighted by molar-refractivity contribution is 0.169. The number of methoxy groups -OCH3 is 1. The Bertz CT molecular complexity index is 349. The Morgan fingerprint density at radius 1 is 1.50 bits per heavy atom. The Balaban J connectivity index is 2.79. The summed E-state index contributed by atoms with van der Waals surface area (Å²) in [4.78, 5) is 0. The molecule has 0 saturated carbocycles. The minimum Gasteiger partial charge on any atom is -0.385 e. The summed E-state index contributed by atoms with van der Waals surface area (Å²) < 4.78 is 7.18. The van der Waals surface area contributed by atoms with Crippen molar-refractivity contribution in [3.8, 4) is 0 Å². The van der Waals surface area contributed by atoms with Gasteiger partial charge >= 0.3 is 0 Å². The predicted molar refractivity (Wildman–Crippen MR) is 74.6 cm³/mol. The minimum atomic E-state index is 0.353. The number of nitrogens with zero attached hydrogens (tertiary/aromatic N) is 2. The molecule has 0 aromatic carbocycles. The number of ether oxygens (including phenoxy) is 1. The molecule has 0 aliphatic heterocycles. The van der Waals surface area contributed by atoms with E-state index in [0.717, 1.165) is 31.7 Å². The fraction of sp³-hybridized carbons (Fsp3) is 0.786. The summed E-state index contributed by atoms with van der Waals surface area (Å²) in [7, 11) is 3.78. The number of aryl methyl sites for hydroxylation is 2. The summed E-state index contributed by atoms with van der Waals surface area (Å²) in [5.74, 6) is 0.534. The molecule has 1 rings (SSSR count). The third-order valence-electron chi connectivity index (χ3n) is 3.32. The van der Waals surface area contributed by atoms with Crippen molar-refractivity contribution in [2.75, 3.05) is 20.3 Å². The van der Waals surface area contributed by atoms with Crippen LogP contribution in [0.4, 0.5) is 0 Å². The van der Waals surface area contributed by atoms with Crippen LogP contribution in [-0.4, -0.2) is 30.0 Å². The summed E-state index contributed by atoms with van der Waals surface area (Å²) in [6.45, 7) is 8.35. The fourth-order valence-corrected chi connectivity index (χ4v) is 2.29. The van der Waals surface area contributed by atoms with E-state index in [0.29, 0.717) is 12.0 Å². The number of rotatable bonds is 8. The average Bonchev–Trinajstić information content (AvgIpc) is 2.66. The van der Waals surface area contributed by atoms with E-state index in [1.54, 1.807) is 7.11 Å². The molecule has 18 heavy (non-hydrogen) atoms. The zero-order valence-corrected chi connectivity index (χ0v) is 12.4. The number of nitrogens with one attached hydrogen (secondary N) is 1. The molecule has 0 aliphatic carbocycles. The first-order valence-corrected chi connectivity index (χ1v) is 6.83. The molecule has 0 amide bonds. The van der Waals surface area contributed by atoms with Gasteiger partial charge in [0.1, 0.15) is 0 Å². The molecule has 4 heteroatoms. The number of aromatic nitrogens is 2. The highest BCUT2D eigenvalue weighted by atomic mass is 16.5. The second-order valence-corrected chi connectivity index (χ2v) is 5.02. The average molecular weight is 253 g/mol. The second-order valence-electron chi connectivity index (χ2n) is 5.02. The highest BCUT2D eigenvalue weighted by Gasteiger charge is 2.21. The fourth-order valence-electron chi connectivity index (χ4n) is 2.29. The molecule has 2 unspecified atom stereocenters. The molecule has 2 atom stereocenters. The second kappa shape index (κ2) is 7.54. The largest absolute Gasteiger partial charge is 0.385 e. The van der Waals surface area contributed by atoms with E-state index in [4.69, 9.17) is 4.74 Å². The van der Waals surface area contributed by atoms with E-state index in [2.05, 4.69) is 30.3 Å². The van der Waals surface area contributed by atoms with Gasteiger partial charge in [-0.15, -0.1) is 0 Å². The van der Waals surface area contributed by atoms with Crippen molar-refractivity contribution in [3.63, 3.8) is 0 Å². The molecule has 104 valence electrons. The van der Waals surface area contributed by atoms with E-state index in [9.17, 15) is 0 Å². The summed E-state index contributed by atoms with van der Waals surface area (Å²) in [5, 5.41) is 8.08. The topological polar surface area (TPSA) is 39.1 Å². The molecule has 0 spiro atoms. The van der Waals surface area contributed by atoms with Crippen molar-refractivity contribution in [2.24, 2.45) is 13.0 Å². The Hall–Kier alpha value is -0.870. The highest BCUT2D eigenvalue weighted by molar-refractivity contribution is 5.14. The van der Waals surface area contributed by atoms with Gasteiger partial charge in [-0.1, -0.05) is 13.8 Å². The number of hydrogen-bond acceptors (Lipinski definition) is 3. The maximum Gasteiger partial charge on any atom is 0.0597 e. The van der Waals surface area contributed by atoms with E-state index in [-0.39, 0.29) is 0 Å². The van der Waals surface area contributed by atoms with Gasteiger partial charge in [-0.3, -0.25) is 4.68 Å². The number of hydrogen-bond donors (Lipinski definition) is 1. The SMILES string of the molecule is CCCNC(c1cc(C)nn1C)C(C)CCOC. The molecule has 1 N–H and O–H groups in total. The van der Waals surface area contributed by atoms with Crippen molar-refractivity contribution >= 4 is 0 Å². The summed E-state index contributed by atoms with van der Waals surface area (Å²) in [5.41, 5.74) is 2.35. The summed E-state index contributed by atoms with van der Waals surface area (Å²) >= 11 is 0. The predicted octanol–water partition coefficient (Wildman–Crippen LogP) is 2.44. The van der Waals surface area contributed by atoms with E-state index < -0.39 is 0 Å². The van der Waals surface area contributed by atoms with Gasteiger partial charge in [0.15, 0.2) is 0 Å². The van der Waals surface area contributed by atoms with Crippen LogP contribution in [0.25, 0.3) is 0 Å². The third kappa shape index (κ3) is 4.10. The summed E-state index contributed by atoms with van der Waals surface area (Å²) in [6, 6.07) is 2.53. The van der Waals surface area contributed by atoms with Crippen LogP contribution >= 0.6 is 0 Å². The Morgan fingerprint density at radius 2 is 2.22 bits per heavy atom. The van der Waals surface area contributed by atoms with Crippen LogP contribution in [0.3, 0.4) is 0 Å². The van der Waals surface area contributed by atoms with Crippen LogP contribution in [0.15, 0.2) is 6.07 Å². The molecule has 0 bridgehead atoms. The molecule has 0 fully saturated rings. The molecule has 0 aliphatic rings. The molecular weight excluding hydrogens is 226 g/mol. The van der Waals surface area contributed by atoms with Crippen LogP contribution in [0.5, 0.6) is 0 Å². The smallest absolute Gasteiger partial charge is 0.0597 e. The van der Waals surface area contributed by atoms with Gasteiger partial charge in [0, 0.05) is 20.8 Å². The van der Waals surface area contributed by atoms with Crippen molar-refractivity contribution < 1.29 is 4.74 Å². The normalized spacial score (nSPS) is 14.7. The lowest BCUT2D eigenvalue weighted by Crippen LogP contribution is -2.30. The van der Waals surface area contributed by atoms with Crippen LogP contribution in [0.2, 0.25) is 0 Å². The summed E-state index contributed by atoms with van der Waals surface area (Å²) in [6.07, 6.45) is 2.20. The quantitative estimate of drug-likeness (QED) is 0.773. The van der Waals surface area contributed by atoms with Gasteiger partial charge in [0.2, 0.25) is 0 Å². The Morgan fingerprint density at radius 3 is 2.72 bits per heavy atom. The van der Waals surface area contributed by atoms with Gasteiger partial charge in [0.25, 0.3) is 0 Å². The molecule has 0 saturated heterocycles. The molecule has 1 aromatic rings. The van der Waals surface area contributed by atoms with Crippen LogP contribution in [-0.2, 0) is 11.8 Å². The first-order valence-electron chi connectivity index (χ1n) is 6.83. The molecular formula is C14H27N3O. The van der Waals surface area contributed by atoms with E-state index >= 15 is 0 Å². The van der Waals surface area contributed by atoms with Gasteiger partial charge < -0.3 is 10.1 Å². The van der Waals surface area contributed by atoms with E-state index in [1.807, 2.05) is 18.7 Å². The van der Waals surface area contributed by atoms with Gasteiger partial charge in [0.05, 0.1) is 17.4 Å². The zero-order chi connectivity index (χ0) is 13.5. The maximum absolute atomic E-state index is 5.19. The van der Waals surface area contributed by atoms with Gasteiger partial charge in [-0.2, -0.15) is 5.10 Å². The van der Waals surface area contributed by atoms with Crippen LogP contribution in [0, 0.1) is 12.8 Å². The lowest BCUT2D eigenvalue weighted by atomic mass is 9.95. The van der Waals surface area contributed by atoms with Gasteiger partial charge in [-0.25, -0.2) is 0 Å². The van der Waals surface area contributed by atoms with Crippen molar-refractivity contribution in [1.29, 1.82) is 0 Å². The molecule has 4 nitrogen and oxygen atoms in total. The molecule has 1 heterocycles. The lowest BCUT2D eigenvalue weighted by Gasteiger charge is -2.25. The Labute approximate surface area is 111 Å². The first-order chi connectivity index (χ1) is 8.60. The van der Waals surface area contributed by atoms with Crippen LogP contribution in [0.1, 0.15) is 44.1 Å².